The summed E-state index contributed by atoms with van der Waals surface area (Å²) in [6.45, 7) is 0. The van der Waals surface area contributed by atoms with Crippen molar-refractivity contribution in [2.75, 3.05) is 7.05 Å². The number of fused-ring (bicyclic) bond motifs is 1. The van der Waals surface area contributed by atoms with Gasteiger partial charge in [0.1, 0.15) is 4.88 Å². The first-order valence-electron chi connectivity index (χ1n) is 7.98. The predicted octanol–water partition coefficient (Wildman–Crippen LogP) is 2.59. The van der Waals surface area contributed by atoms with Gasteiger partial charge in [-0.25, -0.2) is 9.59 Å². The Morgan fingerprint density at radius 3 is 2.60 bits per heavy atom. The fourth-order valence-corrected chi connectivity index (χ4v) is 3.87. The molecule has 7 heteroatoms. The highest BCUT2D eigenvalue weighted by Gasteiger charge is 2.28. The van der Waals surface area contributed by atoms with E-state index < -0.39 is 24.0 Å². The van der Waals surface area contributed by atoms with Crippen molar-refractivity contribution in [1.29, 1.82) is 0 Å². The van der Waals surface area contributed by atoms with Gasteiger partial charge in [-0.2, -0.15) is 0 Å². The fraction of sp³-hybridized carbons (Fsp3) is 0.278. The van der Waals surface area contributed by atoms with Gasteiger partial charge in [-0.1, -0.05) is 30.3 Å². The number of amides is 3. The maximum Gasteiger partial charge on any atom is 0.349 e. The number of rotatable bonds is 4. The van der Waals surface area contributed by atoms with Crippen LogP contribution in [-0.4, -0.2) is 25.0 Å². The van der Waals surface area contributed by atoms with Crippen LogP contribution in [-0.2, 0) is 22.4 Å². The summed E-state index contributed by atoms with van der Waals surface area (Å²) in [5.74, 6) is -1.25. The first kappa shape index (κ1) is 17.2. The Morgan fingerprint density at radius 1 is 1.16 bits per heavy atom. The van der Waals surface area contributed by atoms with E-state index in [0.29, 0.717) is 10.4 Å². The first-order chi connectivity index (χ1) is 12.1. The Bertz CT molecular complexity index is 779. The Kier molecular flexibility index (Phi) is 5.14. The van der Waals surface area contributed by atoms with Gasteiger partial charge in [0, 0.05) is 17.5 Å². The highest BCUT2D eigenvalue weighted by atomic mass is 32.1. The number of thiophene rings is 1. The van der Waals surface area contributed by atoms with Gasteiger partial charge < -0.3 is 10.1 Å². The molecule has 0 spiro atoms. The third kappa shape index (κ3) is 3.88. The monoisotopic (exact) mass is 358 g/mol. The molecule has 0 fully saturated rings. The summed E-state index contributed by atoms with van der Waals surface area (Å²) in [5.41, 5.74) is 1.68. The number of hydrogen-bond acceptors (Lipinski definition) is 5. The number of carbonyl (C=O) groups is 3. The van der Waals surface area contributed by atoms with Crippen LogP contribution in [0.15, 0.2) is 36.4 Å². The van der Waals surface area contributed by atoms with Crippen LogP contribution < -0.4 is 10.6 Å². The van der Waals surface area contributed by atoms with E-state index in [1.807, 2.05) is 6.07 Å². The number of carbonyl (C=O) groups excluding carboxylic acids is 3. The SMILES string of the molecule is CNC(=O)NC(=O)[C@H](OC(=O)c1cc2c(s1)CCC2)c1ccccc1. The number of imide groups is 1. The second-order valence-corrected chi connectivity index (χ2v) is 6.81. The van der Waals surface area contributed by atoms with E-state index in [0.717, 1.165) is 19.3 Å². The van der Waals surface area contributed by atoms with Crippen molar-refractivity contribution in [2.45, 2.75) is 25.4 Å². The third-order valence-electron chi connectivity index (χ3n) is 3.98. The molecule has 3 rings (SSSR count). The van der Waals surface area contributed by atoms with E-state index >= 15 is 0 Å². The summed E-state index contributed by atoms with van der Waals surface area (Å²) in [7, 11) is 1.40. The van der Waals surface area contributed by atoms with Crippen LogP contribution in [0.4, 0.5) is 4.79 Å². The number of benzene rings is 1. The number of ether oxygens (including phenoxy) is 1. The quantitative estimate of drug-likeness (QED) is 0.823. The fourth-order valence-electron chi connectivity index (χ4n) is 2.74. The molecule has 0 radical (unpaired) electrons. The van der Waals surface area contributed by atoms with E-state index in [4.69, 9.17) is 4.74 Å². The maximum atomic E-state index is 12.5. The maximum absolute atomic E-state index is 12.5. The predicted molar refractivity (Wildman–Crippen MR) is 93.5 cm³/mol. The average Bonchev–Trinajstić information content (AvgIpc) is 3.22. The molecule has 0 bridgehead atoms. The lowest BCUT2D eigenvalue weighted by molar-refractivity contribution is -0.129. The van der Waals surface area contributed by atoms with Crippen LogP contribution in [0.3, 0.4) is 0 Å². The van der Waals surface area contributed by atoms with E-state index in [1.165, 1.54) is 28.8 Å². The van der Waals surface area contributed by atoms with Crippen molar-refractivity contribution in [1.82, 2.24) is 10.6 Å². The minimum Gasteiger partial charge on any atom is -0.443 e. The van der Waals surface area contributed by atoms with Gasteiger partial charge in [0.25, 0.3) is 5.91 Å². The highest BCUT2D eigenvalue weighted by molar-refractivity contribution is 7.14. The summed E-state index contributed by atoms with van der Waals surface area (Å²) < 4.78 is 5.45. The van der Waals surface area contributed by atoms with Crippen LogP contribution in [0.5, 0.6) is 0 Å². The summed E-state index contributed by atoms with van der Waals surface area (Å²) >= 11 is 1.41. The molecule has 2 aromatic rings. The lowest BCUT2D eigenvalue weighted by Crippen LogP contribution is -2.41. The molecule has 1 aromatic carbocycles. The van der Waals surface area contributed by atoms with E-state index in [9.17, 15) is 14.4 Å². The van der Waals surface area contributed by atoms with Gasteiger partial charge in [-0.15, -0.1) is 11.3 Å². The molecule has 1 heterocycles. The Hall–Kier alpha value is -2.67. The normalized spacial score (nSPS) is 13.6. The smallest absolute Gasteiger partial charge is 0.349 e. The zero-order valence-electron chi connectivity index (χ0n) is 13.7. The van der Waals surface area contributed by atoms with Crippen LogP contribution >= 0.6 is 11.3 Å². The van der Waals surface area contributed by atoms with Gasteiger partial charge in [0.2, 0.25) is 6.10 Å². The zero-order valence-corrected chi connectivity index (χ0v) is 14.5. The molecule has 0 saturated carbocycles. The largest absolute Gasteiger partial charge is 0.443 e. The molecule has 0 aliphatic heterocycles. The van der Waals surface area contributed by atoms with Gasteiger partial charge >= 0.3 is 12.0 Å². The Labute approximate surface area is 149 Å². The molecule has 6 nitrogen and oxygen atoms in total. The van der Waals surface area contributed by atoms with Crippen LogP contribution in [0.1, 0.15) is 38.2 Å². The van der Waals surface area contributed by atoms with Crippen molar-refractivity contribution in [3.05, 3.63) is 57.3 Å². The number of aryl methyl sites for hydroxylation is 2. The van der Waals surface area contributed by atoms with E-state index in [-0.39, 0.29) is 0 Å². The lowest BCUT2D eigenvalue weighted by atomic mass is 10.1. The standard InChI is InChI=1S/C18H18N2O4S/c1-19-18(23)20-16(21)15(11-6-3-2-4-7-11)24-17(22)14-10-12-8-5-9-13(12)25-14/h2-4,6-7,10,15H,5,8-9H2,1H3,(H2,19,20,21,23)/t15-/m1/s1. The summed E-state index contributed by atoms with van der Waals surface area (Å²) in [6.07, 6.45) is 1.87. The molecule has 0 unspecified atom stereocenters. The molecular formula is C18H18N2O4S. The second kappa shape index (κ2) is 7.48. The summed E-state index contributed by atoms with van der Waals surface area (Å²) in [6, 6.07) is 9.81. The van der Waals surface area contributed by atoms with Crippen molar-refractivity contribution >= 4 is 29.2 Å². The summed E-state index contributed by atoms with van der Waals surface area (Å²) in [5, 5.41) is 4.47. The molecule has 1 atom stereocenters. The molecular weight excluding hydrogens is 340 g/mol. The first-order valence-corrected chi connectivity index (χ1v) is 8.80. The zero-order chi connectivity index (χ0) is 17.8. The van der Waals surface area contributed by atoms with Gasteiger partial charge in [0.15, 0.2) is 0 Å². The lowest BCUT2D eigenvalue weighted by Gasteiger charge is -2.17. The van der Waals surface area contributed by atoms with Crippen LogP contribution in [0, 0.1) is 0 Å². The molecule has 1 aromatic heterocycles. The second-order valence-electron chi connectivity index (χ2n) is 5.68. The summed E-state index contributed by atoms with van der Waals surface area (Å²) in [4.78, 5) is 38.0. The average molecular weight is 358 g/mol. The third-order valence-corrected chi connectivity index (χ3v) is 5.19. The molecule has 1 aliphatic rings. The van der Waals surface area contributed by atoms with Crippen molar-refractivity contribution < 1.29 is 19.1 Å². The molecule has 2 N–H and O–H groups in total. The van der Waals surface area contributed by atoms with Crippen molar-refractivity contribution in [2.24, 2.45) is 0 Å². The molecule has 3 amide bonds. The molecule has 25 heavy (non-hydrogen) atoms. The van der Waals surface area contributed by atoms with Gasteiger partial charge in [-0.05, 0) is 30.9 Å². The van der Waals surface area contributed by atoms with E-state index in [2.05, 4.69) is 10.6 Å². The molecule has 130 valence electrons. The molecule has 1 aliphatic carbocycles. The minimum atomic E-state index is -1.19. The number of esters is 1. The van der Waals surface area contributed by atoms with Gasteiger partial charge in [-0.3, -0.25) is 10.1 Å². The number of nitrogens with one attached hydrogen (secondary N) is 2. The minimum absolute atomic E-state index is 0.485. The number of hydrogen-bond donors (Lipinski definition) is 2. The highest BCUT2D eigenvalue weighted by Crippen LogP contribution is 2.32. The van der Waals surface area contributed by atoms with Crippen LogP contribution in [0.25, 0.3) is 0 Å². The molecule has 0 saturated heterocycles. The number of urea groups is 1. The van der Waals surface area contributed by atoms with Crippen molar-refractivity contribution in [3.8, 4) is 0 Å². The van der Waals surface area contributed by atoms with Crippen molar-refractivity contribution in [3.63, 3.8) is 0 Å². The topological polar surface area (TPSA) is 84.5 Å². The Balaban J connectivity index is 1.80. The van der Waals surface area contributed by atoms with Crippen LogP contribution in [0.2, 0.25) is 0 Å². The Morgan fingerprint density at radius 2 is 1.92 bits per heavy atom. The van der Waals surface area contributed by atoms with Gasteiger partial charge in [0.05, 0.1) is 0 Å². The van der Waals surface area contributed by atoms with E-state index in [1.54, 1.807) is 30.3 Å².